The first kappa shape index (κ1) is 15.2. The number of nitro benzene ring substituents is 1. The Morgan fingerprint density at radius 3 is 2.79 bits per heavy atom. The Morgan fingerprint density at radius 2 is 2.21 bits per heavy atom. The number of anilines is 1. The second kappa shape index (κ2) is 7.58. The molecule has 1 atom stereocenters. The summed E-state index contributed by atoms with van der Waals surface area (Å²) in [5.41, 5.74) is 6.22. The van der Waals surface area contributed by atoms with Gasteiger partial charge in [0.25, 0.3) is 0 Å². The van der Waals surface area contributed by atoms with Crippen molar-refractivity contribution in [3.63, 3.8) is 0 Å². The van der Waals surface area contributed by atoms with Gasteiger partial charge in [-0.1, -0.05) is 19.9 Å². The van der Waals surface area contributed by atoms with Gasteiger partial charge in [-0.15, -0.1) is 0 Å². The van der Waals surface area contributed by atoms with Crippen LogP contribution in [-0.4, -0.2) is 24.1 Å². The van der Waals surface area contributed by atoms with E-state index in [0.717, 1.165) is 12.8 Å². The summed E-state index contributed by atoms with van der Waals surface area (Å²) in [6.45, 7) is 4.88. The maximum Gasteiger partial charge on any atom is 0.333 e. The van der Waals surface area contributed by atoms with Crippen LogP contribution in [0.4, 0.5) is 11.4 Å². The molecule has 0 amide bonds. The van der Waals surface area contributed by atoms with Crippen LogP contribution in [0, 0.1) is 10.1 Å². The summed E-state index contributed by atoms with van der Waals surface area (Å²) < 4.78 is 5.41. The largest absolute Gasteiger partial charge is 0.487 e. The normalized spacial score (nSPS) is 11.9. The van der Waals surface area contributed by atoms with Gasteiger partial charge in [0.2, 0.25) is 0 Å². The van der Waals surface area contributed by atoms with Crippen LogP contribution >= 0.6 is 0 Å². The number of nitrogens with one attached hydrogen (secondary N) is 1. The standard InChI is InChI=1S/C13H21N3O3/c1-3-8-19-12-7-5-6-11(13(12)16(17)18)15-9-10(14)4-2/h5-7,10,15H,3-4,8-9,14H2,1-2H3. The summed E-state index contributed by atoms with van der Waals surface area (Å²) in [5.74, 6) is 0.293. The quantitative estimate of drug-likeness (QED) is 0.558. The van der Waals surface area contributed by atoms with Crippen molar-refractivity contribution in [3.05, 3.63) is 28.3 Å². The van der Waals surface area contributed by atoms with Gasteiger partial charge < -0.3 is 15.8 Å². The lowest BCUT2D eigenvalue weighted by atomic mass is 10.2. The average Bonchev–Trinajstić information content (AvgIpc) is 2.41. The molecule has 1 aromatic rings. The van der Waals surface area contributed by atoms with Gasteiger partial charge in [-0.2, -0.15) is 0 Å². The van der Waals surface area contributed by atoms with Gasteiger partial charge in [0, 0.05) is 12.6 Å². The minimum atomic E-state index is -0.426. The number of hydrogen-bond acceptors (Lipinski definition) is 5. The molecule has 0 saturated heterocycles. The number of benzene rings is 1. The highest BCUT2D eigenvalue weighted by Crippen LogP contribution is 2.34. The van der Waals surface area contributed by atoms with E-state index in [0.29, 0.717) is 24.6 Å². The van der Waals surface area contributed by atoms with Crippen molar-refractivity contribution >= 4 is 11.4 Å². The predicted molar refractivity (Wildman–Crippen MR) is 75.6 cm³/mol. The Balaban J connectivity index is 2.92. The topological polar surface area (TPSA) is 90.4 Å². The van der Waals surface area contributed by atoms with Crippen molar-refractivity contribution in [3.8, 4) is 5.75 Å². The summed E-state index contributed by atoms with van der Waals surface area (Å²) in [6.07, 6.45) is 1.61. The van der Waals surface area contributed by atoms with Crippen LogP contribution in [0.25, 0.3) is 0 Å². The van der Waals surface area contributed by atoms with E-state index >= 15 is 0 Å². The van der Waals surface area contributed by atoms with Crippen LogP contribution in [0.15, 0.2) is 18.2 Å². The van der Waals surface area contributed by atoms with Crippen LogP contribution in [0.2, 0.25) is 0 Å². The Kier molecular flexibility index (Phi) is 6.08. The molecule has 0 aliphatic heterocycles. The Labute approximate surface area is 113 Å². The number of nitro groups is 1. The number of nitrogens with two attached hydrogens (primary N) is 1. The summed E-state index contributed by atoms with van der Waals surface area (Å²) in [5, 5.41) is 14.2. The smallest absolute Gasteiger partial charge is 0.333 e. The first-order chi connectivity index (χ1) is 9.10. The molecule has 3 N–H and O–H groups in total. The third kappa shape index (κ3) is 4.40. The number of hydrogen-bond donors (Lipinski definition) is 2. The van der Waals surface area contributed by atoms with Gasteiger partial charge >= 0.3 is 5.69 Å². The van der Waals surface area contributed by atoms with Gasteiger partial charge in [0.1, 0.15) is 5.69 Å². The molecule has 1 aromatic carbocycles. The molecule has 1 rings (SSSR count). The first-order valence-corrected chi connectivity index (χ1v) is 6.49. The number of ether oxygens (including phenoxy) is 1. The lowest BCUT2D eigenvalue weighted by Crippen LogP contribution is -2.28. The third-order valence-electron chi connectivity index (χ3n) is 2.72. The zero-order valence-corrected chi connectivity index (χ0v) is 11.4. The molecule has 0 aliphatic rings. The van der Waals surface area contributed by atoms with Gasteiger partial charge in [0.05, 0.1) is 11.5 Å². The van der Waals surface area contributed by atoms with E-state index in [2.05, 4.69) is 5.32 Å². The lowest BCUT2D eigenvalue weighted by Gasteiger charge is -2.13. The second-order valence-electron chi connectivity index (χ2n) is 4.31. The third-order valence-corrected chi connectivity index (χ3v) is 2.72. The van der Waals surface area contributed by atoms with Gasteiger partial charge in [-0.25, -0.2) is 0 Å². The predicted octanol–water partition coefficient (Wildman–Crippen LogP) is 2.53. The molecule has 106 valence electrons. The van der Waals surface area contributed by atoms with Crippen LogP contribution < -0.4 is 15.8 Å². The fourth-order valence-electron chi connectivity index (χ4n) is 1.57. The fraction of sp³-hybridized carbons (Fsp3) is 0.538. The van der Waals surface area contributed by atoms with Crippen molar-refractivity contribution in [1.29, 1.82) is 0 Å². The Bertz CT molecular complexity index is 424. The van der Waals surface area contributed by atoms with Gasteiger partial charge in [-0.05, 0) is 25.0 Å². The van der Waals surface area contributed by atoms with E-state index in [1.807, 2.05) is 13.8 Å². The van der Waals surface area contributed by atoms with E-state index < -0.39 is 4.92 Å². The van der Waals surface area contributed by atoms with E-state index in [-0.39, 0.29) is 11.7 Å². The van der Waals surface area contributed by atoms with E-state index in [4.69, 9.17) is 10.5 Å². The summed E-state index contributed by atoms with van der Waals surface area (Å²) in [7, 11) is 0. The fourth-order valence-corrected chi connectivity index (χ4v) is 1.57. The minimum Gasteiger partial charge on any atom is -0.487 e. The zero-order valence-electron chi connectivity index (χ0n) is 11.4. The van der Waals surface area contributed by atoms with Crippen molar-refractivity contribution < 1.29 is 9.66 Å². The molecule has 6 heteroatoms. The highest BCUT2D eigenvalue weighted by Gasteiger charge is 2.20. The molecule has 0 saturated carbocycles. The van der Waals surface area contributed by atoms with Crippen LogP contribution in [0.3, 0.4) is 0 Å². The Morgan fingerprint density at radius 1 is 1.47 bits per heavy atom. The summed E-state index contributed by atoms with van der Waals surface area (Å²) >= 11 is 0. The summed E-state index contributed by atoms with van der Waals surface area (Å²) in [6, 6.07) is 4.98. The molecule has 19 heavy (non-hydrogen) atoms. The first-order valence-electron chi connectivity index (χ1n) is 6.49. The maximum atomic E-state index is 11.2. The van der Waals surface area contributed by atoms with Crippen LogP contribution in [0.1, 0.15) is 26.7 Å². The molecular weight excluding hydrogens is 246 g/mol. The second-order valence-corrected chi connectivity index (χ2v) is 4.31. The lowest BCUT2D eigenvalue weighted by molar-refractivity contribution is -0.385. The van der Waals surface area contributed by atoms with Crippen molar-refractivity contribution in [1.82, 2.24) is 0 Å². The zero-order chi connectivity index (χ0) is 14.3. The van der Waals surface area contributed by atoms with E-state index in [1.54, 1.807) is 18.2 Å². The number of para-hydroxylation sites is 1. The maximum absolute atomic E-state index is 11.2. The van der Waals surface area contributed by atoms with Crippen LogP contribution in [0.5, 0.6) is 5.75 Å². The molecule has 6 nitrogen and oxygen atoms in total. The number of rotatable bonds is 8. The van der Waals surface area contributed by atoms with Crippen molar-refractivity contribution in [2.45, 2.75) is 32.7 Å². The number of nitrogens with zero attached hydrogens (tertiary/aromatic N) is 1. The monoisotopic (exact) mass is 267 g/mol. The van der Waals surface area contributed by atoms with E-state index in [9.17, 15) is 10.1 Å². The van der Waals surface area contributed by atoms with Crippen molar-refractivity contribution in [2.75, 3.05) is 18.5 Å². The van der Waals surface area contributed by atoms with Gasteiger partial charge in [-0.3, -0.25) is 10.1 Å². The molecule has 0 bridgehead atoms. The molecule has 0 heterocycles. The molecule has 0 spiro atoms. The SMILES string of the molecule is CCCOc1cccc(NCC(N)CC)c1[N+](=O)[O-]. The molecular formula is C13H21N3O3. The highest BCUT2D eigenvalue weighted by molar-refractivity contribution is 5.68. The molecule has 0 radical (unpaired) electrons. The average molecular weight is 267 g/mol. The summed E-state index contributed by atoms with van der Waals surface area (Å²) in [4.78, 5) is 10.7. The van der Waals surface area contributed by atoms with Gasteiger partial charge in [0.15, 0.2) is 5.75 Å². The van der Waals surface area contributed by atoms with Crippen LogP contribution in [-0.2, 0) is 0 Å². The molecule has 0 aliphatic carbocycles. The highest BCUT2D eigenvalue weighted by atomic mass is 16.6. The van der Waals surface area contributed by atoms with Crippen molar-refractivity contribution in [2.24, 2.45) is 5.73 Å². The minimum absolute atomic E-state index is 0.0279. The molecule has 1 unspecified atom stereocenters. The molecule has 0 aromatic heterocycles. The molecule has 0 fully saturated rings. The Hall–Kier alpha value is -1.82. The van der Waals surface area contributed by atoms with E-state index in [1.165, 1.54) is 0 Å².